The van der Waals surface area contributed by atoms with Gasteiger partial charge < -0.3 is 9.84 Å². The van der Waals surface area contributed by atoms with E-state index in [1.165, 1.54) is 12.8 Å². The number of carbonyl (C=O) groups excluding carboxylic acids is 1. The fraction of sp³-hybridized carbons (Fsp3) is 0.750. The standard InChI is InChI=1S/C12H22O3/c1-3-5-6-7-8-11(9-10-13)12(14)15-4-2/h8,13H,3-7,9-10H2,1-2H3/b11-8+. The van der Waals surface area contributed by atoms with E-state index in [0.717, 1.165) is 12.8 Å². The summed E-state index contributed by atoms with van der Waals surface area (Å²) in [6.07, 6.45) is 6.61. The molecule has 3 heteroatoms. The zero-order valence-corrected chi connectivity index (χ0v) is 9.79. The molecule has 15 heavy (non-hydrogen) atoms. The van der Waals surface area contributed by atoms with E-state index in [1.807, 2.05) is 6.08 Å². The van der Waals surface area contributed by atoms with Crippen molar-refractivity contribution < 1.29 is 14.6 Å². The lowest BCUT2D eigenvalue weighted by molar-refractivity contribution is -0.138. The van der Waals surface area contributed by atoms with E-state index < -0.39 is 0 Å². The van der Waals surface area contributed by atoms with Crippen LogP contribution in [0.1, 0.15) is 46.0 Å². The molecule has 0 heterocycles. The van der Waals surface area contributed by atoms with Crippen molar-refractivity contribution in [3.05, 3.63) is 11.6 Å². The molecule has 3 nitrogen and oxygen atoms in total. The maximum Gasteiger partial charge on any atom is 0.333 e. The van der Waals surface area contributed by atoms with Gasteiger partial charge in [0, 0.05) is 18.6 Å². The first-order valence-electron chi connectivity index (χ1n) is 5.73. The number of hydrogen-bond acceptors (Lipinski definition) is 3. The number of hydrogen-bond donors (Lipinski definition) is 1. The smallest absolute Gasteiger partial charge is 0.333 e. The summed E-state index contributed by atoms with van der Waals surface area (Å²) in [7, 11) is 0. The minimum atomic E-state index is -0.289. The Morgan fingerprint density at radius 2 is 2.07 bits per heavy atom. The number of carbonyl (C=O) groups is 1. The molecule has 1 N–H and O–H groups in total. The second-order valence-electron chi connectivity index (χ2n) is 3.42. The Morgan fingerprint density at radius 1 is 1.33 bits per heavy atom. The lowest BCUT2D eigenvalue weighted by Crippen LogP contribution is -2.09. The molecule has 0 saturated heterocycles. The summed E-state index contributed by atoms with van der Waals surface area (Å²) in [6, 6.07) is 0. The van der Waals surface area contributed by atoms with E-state index in [9.17, 15) is 4.79 Å². The first kappa shape index (κ1) is 14.2. The van der Waals surface area contributed by atoms with Gasteiger partial charge in [0.1, 0.15) is 0 Å². The number of aliphatic hydroxyl groups excluding tert-OH is 1. The molecule has 0 unspecified atom stereocenters. The number of unbranched alkanes of at least 4 members (excludes halogenated alkanes) is 3. The second kappa shape index (κ2) is 9.71. The Morgan fingerprint density at radius 3 is 2.60 bits per heavy atom. The molecule has 0 aromatic heterocycles. The fourth-order valence-corrected chi connectivity index (χ4v) is 1.30. The van der Waals surface area contributed by atoms with Crippen molar-refractivity contribution >= 4 is 5.97 Å². The van der Waals surface area contributed by atoms with Crippen molar-refractivity contribution in [2.75, 3.05) is 13.2 Å². The maximum atomic E-state index is 11.4. The van der Waals surface area contributed by atoms with E-state index in [1.54, 1.807) is 6.92 Å². The molecular formula is C12H22O3. The van der Waals surface area contributed by atoms with Gasteiger partial charge >= 0.3 is 5.97 Å². The van der Waals surface area contributed by atoms with Crippen LogP contribution in [0.25, 0.3) is 0 Å². The molecule has 0 aromatic rings. The van der Waals surface area contributed by atoms with Crippen LogP contribution >= 0.6 is 0 Å². The van der Waals surface area contributed by atoms with Crippen LogP contribution in [-0.4, -0.2) is 24.3 Å². The van der Waals surface area contributed by atoms with Crippen molar-refractivity contribution in [3.8, 4) is 0 Å². The quantitative estimate of drug-likeness (QED) is 0.383. The zero-order chi connectivity index (χ0) is 11.5. The van der Waals surface area contributed by atoms with Gasteiger partial charge in [-0.2, -0.15) is 0 Å². The van der Waals surface area contributed by atoms with Gasteiger partial charge in [-0.15, -0.1) is 0 Å². The number of ether oxygens (including phenoxy) is 1. The molecule has 0 aliphatic rings. The lowest BCUT2D eigenvalue weighted by Gasteiger charge is -2.05. The molecule has 0 aliphatic carbocycles. The minimum absolute atomic E-state index is 0.00156. The summed E-state index contributed by atoms with van der Waals surface area (Å²) in [5.74, 6) is -0.289. The SMILES string of the molecule is CCCCC/C=C(\CCO)C(=O)OCC. The van der Waals surface area contributed by atoms with Crippen LogP contribution in [0.3, 0.4) is 0 Å². The molecule has 0 spiro atoms. The highest BCUT2D eigenvalue weighted by molar-refractivity contribution is 5.88. The number of esters is 1. The highest BCUT2D eigenvalue weighted by Crippen LogP contribution is 2.08. The molecule has 88 valence electrons. The Labute approximate surface area is 92.1 Å². The van der Waals surface area contributed by atoms with Crippen molar-refractivity contribution in [1.29, 1.82) is 0 Å². The molecule has 0 rings (SSSR count). The van der Waals surface area contributed by atoms with Gasteiger partial charge in [0.05, 0.1) is 6.61 Å². The van der Waals surface area contributed by atoms with Gasteiger partial charge in [0.25, 0.3) is 0 Å². The molecule has 0 bridgehead atoms. The molecule has 0 atom stereocenters. The van der Waals surface area contributed by atoms with Crippen molar-refractivity contribution in [2.24, 2.45) is 0 Å². The Bertz CT molecular complexity index is 197. The van der Waals surface area contributed by atoms with E-state index in [-0.39, 0.29) is 12.6 Å². The molecule has 0 aromatic carbocycles. The van der Waals surface area contributed by atoms with Crippen LogP contribution in [0.5, 0.6) is 0 Å². The third kappa shape index (κ3) is 7.14. The van der Waals surface area contributed by atoms with E-state index in [4.69, 9.17) is 9.84 Å². The monoisotopic (exact) mass is 214 g/mol. The molecule has 0 aliphatic heterocycles. The van der Waals surface area contributed by atoms with Gasteiger partial charge in [0.15, 0.2) is 0 Å². The molecule has 0 saturated carbocycles. The van der Waals surface area contributed by atoms with Crippen molar-refractivity contribution in [1.82, 2.24) is 0 Å². The Hall–Kier alpha value is -0.830. The minimum Gasteiger partial charge on any atom is -0.463 e. The number of rotatable bonds is 8. The van der Waals surface area contributed by atoms with Crippen LogP contribution in [0.4, 0.5) is 0 Å². The summed E-state index contributed by atoms with van der Waals surface area (Å²) in [6.45, 7) is 4.31. The first-order chi connectivity index (χ1) is 7.26. The van der Waals surface area contributed by atoms with Crippen LogP contribution in [0.2, 0.25) is 0 Å². The summed E-state index contributed by atoms with van der Waals surface area (Å²) < 4.78 is 4.90. The van der Waals surface area contributed by atoms with Crippen molar-refractivity contribution in [3.63, 3.8) is 0 Å². The molecule has 0 radical (unpaired) electrons. The zero-order valence-electron chi connectivity index (χ0n) is 9.79. The van der Waals surface area contributed by atoms with Crippen LogP contribution in [0, 0.1) is 0 Å². The summed E-state index contributed by atoms with van der Waals surface area (Å²) in [5.41, 5.74) is 0.607. The van der Waals surface area contributed by atoms with Crippen LogP contribution < -0.4 is 0 Å². The Kier molecular flexibility index (Phi) is 9.18. The average molecular weight is 214 g/mol. The number of aliphatic hydroxyl groups is 1. The lowest BCUT2D eigenvalue weighted by atomic mass is 10.1. The van der Waals surface area contributed by atoms with Gasteiger partial charge in [-0.05, 0) is 19.8 Å². The fourth-order valence-electron chi connectivity index (χ4n) is 1.30. The third-order valence-electron chi connectivity index (χ3n) is 2.12. The van der Waals surface area contributed by atoms with E-state index in [0.29, 0.717) is 18.6 Å². The predicted octanol–water partition coefficient (Wildman–Crippen LogP) is 2.44. The molecule has 0 amide bonds. The third-order valence-corrected chi connectivity index (χ3v) is 2.12. The molecule has 0 fully saturated rings. The largest absolute Gasteiger partial charge is 0.463 e. The Balaban J connectivity index is 4.05. The van der Waals surface area contributed by atoms with Gasteiger partial charge in [-0.25, -0.2) is 4.79 Å². The van der Waals surface area contributed by atoms with Crippen LogP contribution in [0.15, 0.2) is 11.6 Å². The summed E-state index contributed by atoms with van der Waals surface area (Å²) in [5, 5.41) is 8.81. The van der Waals surface area contributed by atoms with Crippen LogP contribution in [-0.2, 0) is 9.53 Å². The summed E-state index contributed by atoms with van der Waals surface area (Å²) in [4.78, 5) is 11.4. The maximum absolute atomic E-state index is 11.4. The number of allylic oxidation sites excluding steroid dienone is 1. The second-order valence-corrected chi connectivity index (χ2v) is 3.42. The van der Waals surface area contributed by atoms with E-state index >= 15 is 0 Å². The predicted molar refractivity (Wildman–Crippen MR) is 60.6 cm³/mol. The molecular weight excluding hydrogens is 192 g/mol. The normalized spacial score (nSPS) is 11.5. The van der Waals surface area contributed by atoms with Gasteiger partial charge in [0.2, 0.25) is 0 Å². The van der Waals surface area contributed by atoms with E-state index in [2.05, 4.69) is 6.92 Å². The van der Waals surface area contributed by atoms with Gasteiger partial charge in [-0.1, -0.05) is 25.8 Å². The van der Waals surface area contributed by atoms with Crippen molar-refractivity contribution in [2.45, 2.75) is 46.0 Å². The topological polar surface area (TPSA) is 46.5 Å². The highest BCUT2D eigenvalue weighted by Gasteiger charge is 2.08. The average Bonchev–Trinajstić information content (AvgIpc) is 2.23. The first-order valence-corrected chi connectivity index (χ1v) is 5.73. The summed E-state index contributed by atoms with van der Waals surface area (Å²) >= 11 is 0. The highest BCUT2D eigenvalue weighted by atomic mass is 16.5. The van der Waals surface area contributed by atoms with Gasteiger partial charge in [-0.3, -0.25) is 0 Å².